The second-order valence-electron chi connectivity index (χ2n) is 6.14. The number of rotatable bonds is 1. The Morgan fingerprint density at radius 2 is 2.36 bits per heavy atom. The minimum Gasteiger partial charge on any atom is -0.369 e. The Kier molecular flexibility index (Phi) is 3.13. The van der Waals surface area contributed by atoms with E-state index in [0.29, 0.717) is 11.8 Å². The highest BCUT2D eigenvalue weighted by molar-refractivity contribution is 9.10. The molecule has 1 saturated carbocycles. The summed E-state index contributed by atoms with van der Waals surface area (Å²) < 4.78 is 2.71. The average molecular weight is 384 g/mol. The van der Waals surface area contributed by atoms with Crippen LogP contribution in [0.1, 0.15) is 36.7 Å². The smallest absolute Gasteiger partial charge is 0.218 e. The van der Waals surface area contributed by atoms with Gasteiger partial charge in [-0.3, -0.25) is 0 Å². The molecule has 2 aromatic heterocycles. The van der Waals surface area contributed by atoms with Gasteiger partial charge in [-0.25, -0.2) is 9.67 Å². The summed E-state index contributed by atoms with van der Waals surface area (Å²) in [5.74, 6) is 2.10. The van der Waals surface area contributed by atoms with Crippen molar-refractivity contribution in [3.05, 3.63) is 27.1 Å². The van der Waals surface area contributed by atoms with Crippen molar-refractivity contribution in [2.24, 2.45) is 0 Å². The van der Waals surface area contributed by atoms with Gasteiger partial charge in [-0.1, -0.05) is 11.6 Å². The maximum Gasteiger partial charge on any atom is 0.218 e. The zero-order valence-corrected chi connectivity index (χ0v) is 14.4. The molecule has 2 aromatic rings. The van der Waals surface area contributed by atoms with E-state index in [4.69, 9.17) is 17.3 Å². The number of anilines is 2. The van der Waals surface area contributed by atoms with Crippen LogP contribution in [0.15, 0.2) is 10.7 Å². The first kappa shape index (κ1) is 14.3. The molecule has 8 heteroatoms. The molecule has 0 aromatic carbocycles. The molecule has 116 valence electrons. The summed E-state index contributed by atoms with van der Waals surface area (Å²) in [6, 6.07) is 0.254. The second-order valence-corrected chi connectivity index (χ2v) is 7.37. The zero-order chi connectivity index (χ0) is 15.5. The first-order valence-corrected chi connectivity index (χ1v) is 8.44. The third-order valence-corrected chi connectivity index (χ3v) is 6.01. The molecular formula is C14H16BrClN6. The van der Waals surface area contributed by atoms with Crippen molar-refractivity contribution in [2.45, 2.75) is 37.6 Å². The lowest BCUT2D eigenvalue weighted by Crippen LogP contribution is -2.26. The fourth-order valence-electron chi connectivity index (χ4n) is 3.83. The molecule has 22 heavy (non-hydrogen) atoms. The number of nitrogen functional groups attached to an aromatic ring is 1. The summed E-state index contributed by atoms with van der Waals surface area (Å²) in [7, 11) is 0. The molecule has 1 fully saturated rings. The highest BCUT2D eigenvalue weighted by Gasteiger charge is 2.48. The van der Waals surface area contributed by atoms with Crippen LogP contribution in [-0.4, -0.2) is 26.3 Å². The van der Waals surface area contributed by atoms with Gasteiger partial charge in [0, 0.05) is 23.7 Å². The predicted molar refractivity (Wildman–Crippen MR) is 89.2 cm³/mol. The number of nitrogens with one attached hydrogen (secondary N) is 1. The van der Waals surface area contributed by atoms with Crippen molar-refractivity contribution in [1.82, 2.24) is 19.7 Å². The van der Waals surface area contributed by atoms with Gasteiger partial charge >= 0.3 is 0 Å². The zero-order valence-electron chi connectivity index (χ0n) is 12.1. The van der Waals surface area contributed by atoms with Gasteiger partial charge in [-0.05, 0) is 42.1 Å². The fourth-order valence-corrected chi connectivity index (χ4v) is 4.47. The number of pyridine rings is 1. The van der Waals surface area contributed by atoms with Crippen LogP contribution >= 0.6 is 27.5 Å². The molecule has 2 atom stereocenters. The summed E-state index contributed by atoms with van der Waals surface area (Å²) in [6.45, 7) is 2.72. The quantitative estimate of drug-likeness (QED) is 0.791. The van der Waals surface area contributed by atoms with Crippen LogP contribution in [0.25, 0.3) is 0 Å². The standard InChI is InChI=1S/C14H16BrClN6/c1-7-20-13(17)22(21-7)8-2-3-14(4-8)6-19-12-10(14)11(16)9(15)5-18-12/h5,8H,2-4,6H2,1H3,(H,18,19)(H2,17,20,21)/t8-,14-/m0/s1. The second kappa shape index (κ2) is 4.83. The molecule has 0 radical (unpaired) electrons. The van der Waals surface area contributed by atoms with Gasteiger partial charge in [0.25, 0.3) is 0 Å². The van der Waals surface area contributed by atoms with Crippen LogP contribution in [-0.2, 0) is 5.41 Å². The third-order valence-electron chi connectivity index (χ3n) is 4.79. The number of fused-ring (bicyclic) bond motifs is 2. The van der Waals surface area contributed by atoms with Gasteiger partial charge in [0.1, 0.15) is 11.6 Å². The van der Waals surface area contributed by atoms with Gasteiger partial charge < -0.3 is 11.1 Å². The first-order valence-electron chi connectivity index (χ1n) is 7.27. The van der Waals surface area contributed by atoms with E-state index in [9.17, 15) is 0 Å². The van der Waals surface area contributed by atoms with Crippen LogP contribution in [0, 0.1) is 6.92 Å². The lowest BCUT2D eigenvalue weighted by atomic mass is 9.81. The normalized spacial score (nSPS) is 26.4. The Morgan fingerprint density at radius 3 is 3.09 bits per heavy atom. The van der Waals surface area contributed by atoms with E-state index >= 15 is 0 Å². The number of nitrogens with two attached hydrogens (primary N) is 1. The Labute approximate surface area is 141 Å². The molecule has 3 N–H and O–H groups in total. The van der Waals surface area contributed by atoms with Crippen molar-refractivity contribution < 1.29 is 0 Å². The van der Waals surface area contributed by atoms with E-state index < -0.39 is 0 Å². The van der Waals surface area contributed by atoms with Crippen molar-refractivity contribution in [3.63, 3.8) is 0 Å². The Bertz CT molecular complexity index is 760. The van der Waals surface area contributed by atoms with Crippen LogP contribution in [0.5, 0.6) is 0 Å². The van der Waals surface area contributed by atoms with Gasteiger partial charge in [-0.2, -0.15) is 10.1 Å². The Hall–Kier alpha value is -1.34. The van der Waals surface area contributed by atoms with E-state index in [1.165, 1.54) is 0 Å². The summed E-state index contributed by atoms with van der Waals surface area (Å²) in [6.07, 6.45) is 4.74. The number of nitrogens with zero attached hydrogens (tertiary/aromatic N) is 4. The summed E-state index contributed by atoms with van der Waals surface area (Å²) >= 11 is 10.0. The van der Waals surface area contributed by atoms with Gasteiger partial charge in [-0.15, -0.1) is 0 Å². The van der Waals surface area contributed by atoms with Crippen molar-refractivity contribution in [2.75, 3.05) is 17.6 Å². The van der Waals surface area contributed by atoms with Crippen LogP contribution in [0.3, 0.4) is 0 Å². The van der Waals surface area contributed by atoms with E-state index in [1.807, 2.05) is 11.6 Å². The Balaban J connectivity index is 1.72. The number of aryl methyl sites for hydroxylation is 1. The highest BCUT2D eigenvalue weighted by Crippen LogP contribution is 2.54. The molecule has 0 unspecified atom stereocenters. The summed E-state index contributed by atoms with van der Waals surface area (Å²) in [5.41, 5.74) is 7.11. The monoisotopic (exact) mass is 382 g/mol. The van der Waals surface area contributed by atoms with Crippen LogP contribution in [0.4, 0.5) is 11.8 Å². The number of halogens is 2. The van der Waals surface area contributed by atoms with E-state index in [2.05, 4.69) is 36.3 Å². The highest BCUT2D eigenvalue weighted by atomic mass is 79.9. The summed E-state index contributed by atoms with van der Waals surface area (Å²) in [4.78, 5) is 8.67. The maximum atomic E-state index is 6.55. The molecule has 2 aliphatic rings. The van der Waals surface area contributed by atoms with Gasteiger partial charge in [0.05, 0.1) is 15.5 Å². The van der Waals surface area contributed by atoms with E-state index in [-0.39, 0.29) is 11.5 Å². The van der Waals surface area contributed by atoms with Crippen LogP contribution in [0.2, 0.25) is 5.02 Å². The van der Waals surface area contributed by atoms with E-state index in [1.54, 1.807) is 6.20 Å². The topological polar surface area (TPSA) is 81.6 Å². The number of hydrogen-bond donors (Lipinski definition) is 2. The van der Waals surface area contributed by atoms with Crippen LogP contribution < -0.4 is 11.1 Å². The lowest BCUT2D eigenvalue weighted by molar-refractivity contribution is 0.421. The van der Waals surface area contributed by atoms with Crippen molar-refractivity contribution in [1.29, 1.82) is 0 Å². The number of hydrogen-bond acceptors (Lipinski definition) is 5. The van der Waals surface area contributed by atoms with Crippen molar-refractivity contribution >= 4 is 39.3 Å². The minimum atomic E-state index is 0.000157. The molecule has 1 aliphatic carbocycles. The fraction of sp³-hybridized carbons (Fsp3) is 0.500. The SMILES string of the molecule is Cc1nc(N)n([C@H]2CC[C@@]3(CNc4ncc(Br)c(Cl)c43)C2)n1. The largest absolute Gasteiger partial charge is 0.369 e. The van der Waals surface area contributed by atoms with E-state index in [0.717, 1.165) is 46.7 Å². The molecular weight excluding hydrogens is 368 g/mol. The van der Waals surface area contributed by atoms with Gasteiger partial charge in [0.15, 0.2) is 0 Å². The first-order chi connectivity index (χ1) is 10.5. The summed E-state index contributed by atoms with van der Waals surface area (Å²) in [5, 5.41) is 8.61. The molecule has 6 nitrogen and oxygen atoms in total. The molecule has 3 heterocycles. The molecule has 0 bridgehead atoms. The number of aromatic nitrogens is 4. The van der Waals surface area contributed by atoms with Gasteiger partial charge in [0.2, 0.25) is 5.95 Å². The Morgan fingerprint density at radius 1 is 1.55 bits per heavy atom. The lowest BCUT2D eigenvalue weighted by Gasteiger charge is -2.24. The average Bonchev–Trinajstić information content (AvgIpc) is 3.14. The molecule has 4 rings (SSSR count). The molecule has 0 amide bonds. The molecule has 0 saturated heterocycles. The molecule has 1 spiro atoms. The predicted octanol–water partition coefficient (Wildman–Crippen LogP) is 3.07. The molecule has 1 aliphatic heterocycles. The third kappa shape index (κ3) is 1.95. The van der Waals surface area contributed by atoms with Crippen molar-refractivity contribution in [3.8, 4) is 0 Å². The minimum absolute atomic E-state index is 0.000157. The maximum absolute atomic E-state index is 6.55.